The third-order valence-electron chi connectivity index (χ3n) is 8.68. The minimum absolute atomic E-state index is 0.0537. The summed E-state index contributed by atoms with van der Waals surface area (Å²) in [7, 11) is 3.22. The number of pyridine rings is 1. The topological polar surface area (TPSA) is 94.1 Å². The molecule has 1 aromatic carbocycles. The second-order valence-electron chi connectivity index (χ2n) is 11.3. The van der Waals surface area contributed by atoms with Gasteiger partial charge in [0.1, 0.15) is 0 Å². The number of amides is 1. The summed E-state index contributed by atoms with van der Waals surface area (Å²) in [4.78, 5) is 23.0. The average Bonchev–Trinajstić information content (AvgIpc) is 3.50. The van der Waals surface area contributed by atoms with E-state index in [0.29, 0.717) is 49.1 Å². The standard InChI is InChI=1S/C20H21N4O4.3C4H9.Sn/c1-26-17-10-13-14(21)11-19(22-15(13)12-18(17)27-2)23-5-7-24(8-6-23)20(25)16-4-3-9-28-16;3*1-3-4-2;/h3,9-12H,5-8H2,1-2H3,(H2,21,22);3*1,3-4H2,2H3;. The molecule has 0 bridgehead atoms. The quantitative estimate of drug-likeness (QED) is 0.197. The number of rotatable bonds is 14. The van der Waals surface area contributed by atoms with Gasteiger partial charge in [0.25, 0.3) is 0 Å². The van der Waals surface area contributed by atoms with Crippen molar-refractivity contribution in [2.45, 2.75) is 72.6 Å². The summed E-state index contributed by atoms with van der Waals surface area (Å²) in [6.07, 6.45) is 9.14. The van der Waals surface area contributed by atoms with Gasteiger partial charge in [-0.2, -0.15) is 0 Å². The summed E-state index contributed by atoms with van der Waals surface area (Å²) in [5, 5.41) is 0.828. The van der Waals surface area contributed by atoms with Gasteiger partial charge in [0.2, 0.25) is 0 Å². The third-order valence-corrected chi connectivity index (χ3v) is 24.3. The second-order valence-corrected chi connectivity index (χ2v) is 24.5. The maximum absolute atomic E-state index is 13.9. The first-order valence-electron chi connectivity index (χ1n) is 15.4. The van der Waals surface area contributed by atoms with E-state index in [-0.39, 0.29) is 5.91 Å². The first-order chi connectivity index (χ1) is 19.9. The van der Waals surface area contributed by atoms with Crippen molar-refractivity contribution in [3.8, 4) is 11.5 Å². The number of nitrogens with zero attached hydrogens (tertiary/aromatic N) is 3. The molecule has 0 radical (unpaired) electrons. The molecule has 4 rings (SSSR count). The number of carbonyl (C=O) groups is 1. The molecule has 0 aliphatic carbocycles. The molecule has 0 saturated carbocycles. The number of hydrogen-bond acceptors (Lipinski definition) is 7. The summed E-state index contributed by atoms with van der Waals surface area (Å²) < 4.78 is 22.2. The van der Waals surface area contributed by atoms with Crippen LogP contribution in [0.3, 0.4) is 0 Å². The molecule has 1 saturated heterocycles. The van der Waals surface area contributed by atoms with Crippen molar-refractivity contribution in [3.05, 3.63) is 36.3 Å². The van der Waals surface area contributed by atoms with Crippen molar-refractivity contribution in [1.82, 2.24) is 9.88 Å². The minimum atomic E-state index is -2.81. The molecule has 41 heavy (non-hydrogen) atoms. The maximum atomic E-state index is 13.9. The molecule has 1 fully saturated rings. The van der Waals surface area contributed by atoms with Gasteiger partial charge in [-0.1, -0.05) is 0 Å². The Balaban J connectivity index is 1.53. The number of anilines is 2. The zero-order chi connectivity index (χ0) is 29.4. The van der Waals surface area contributed by atoms with E-state index >= 15 is 0 Å². The van der Waals surface area contributed by atoms with E-state index in [1.165, 1.54) is 55.4 Å². The molecule has 2 aromatic heterocycles. The summed E-state index contributed by atoms with van der Waals surface area (Å²) in [5.41, 5.74) is 7.84. The fourth-order valence-electron chi connectivity index (χ4n) is 6.23. The van der Waals surface area contributed by atoms with Gasteiger partial charge in [0, 0.05) is 0 Å². The Morgan fingerprint density at radius 3 is 2.07 bits per heavy atom. The van der Waals surface area contributed by atoms with Crippen molar-refractivity contribution >= 4 is 50.3 Å². The number of benzene rings is 1. The molecule has 0 spiro atoms. The van der Waals surface area contributed by atoms with Gasteiger partial charge < -0.3 is 9.47 Å². The molecule has 1 amide bonds. The normalized spacial score (nSPS) is 14.1. The fourth-order valence-corrected chi connectivity index (χ4v) is 22.5. The van der Waals surface area contributed by atoms with E-state index in [1.807, 2.05) is 23.1 Å². The van der Waals surface area contributed by atoms with Crippen LogP contribution in [0, 0.1) is 0 Å². The monoisotopic (exact) mass is 672 g/mol. The van der Waals surface area contributed by atoms with Gasteiger partial charge in [0.15, 0.2) is 5.75 Å². The average molecular weight is 671 g/mol. The second kappa shape index (κ2) is 14.5. The Morgan fingerprint density at radius 2 is 1.51 bits per heavy atom. The Hall–Kier alpha value is -2.62. The number of unbranched alkanes of at least 4 members (excludes halogenated alkanes) is 3. The van der Waals surface area contributed by atoms with Gasteiger partial charge in [-0.15, -0.1) is 0 Å². The summed E-state index contributed by atoms with van der Waals surface area (Å²) in [6.45, 7) is 9.44. The number of methoxy groups -OCH3 is 2. The first kappa shape index (κ1) is 31.3. The van der Waals surface area contributed by atoms with Gasteiger partial charge in [-0.05, 0) is 0 Å². The predicted molar refractivity (Wildman–Crippen MR) is 171 cm³/mol. The zero-order valence-corrected chi connectivity index (χ0v) is 28.5. The van der Waals surface area contributed by atoms with Crippen LogP contribution in [-0.4, -0.2) is 74.6 Å². The summed E-state index contributed by atoms with van der Waals surface area (Å²) in [5.74, 6) is 2.73. The Labute approximate surface area is 249 Å². The van der Waals surface area contributed by atoms with Crippen molar-refractivity contribution in [3.63, 3.8) is 0 Å². The molecule has 9 heteroatoms. The number of ether oxygens (including phenoxy) is 2. The van der Waals surface area contributed by atoms with Gasteiger partial charge in [0.05, 0.1) is 14.2 Å². The van der Waals surface area contributed by atoms with Crippen LogP contribution in [0.1, 0.15) is 69.9 Å². The van der Waals surface area contributed by atoms with Crippen LogP contribution in [-0.2, 0) is 0 Å². The molecule has 2 N–H and O–H groups in total. The van der Waals surface area contributed by atoms with Crippen molar-refractivity contribution < 1.29 is 18.7 Å². The van der Waals surface area contributed by atoms with E-state index in [2.05, 4.69) is 31.7 Å². The van der Waals surface area contributed by atoms with Crippen molar-refractivity contribution in [2.75, 3.05) is 51.0 Å². The van der Waals surface area contributed by atoms with E-state index in [0.717, 1.165) is 16.7 Å². The number of fused-ring (bicyclic) bond motifs is 1. The molecule has 1 aliphatic heterocycles. The van der Waals surface area contributed by atoms with Crippen LogP contribution < -0.4 is 23.7 Å². The molecule has 3 aromatic rings. The molecular weight excluding hydrogens is 623 g/mol. The molecule has 0 atom stereocenters. The Bertz CT molecular complexity index is 1280. The summed E-state index contributed by atoms with van der Waals surface area (Å²) in [6, 6.07) is 7.81. The van der Waals surface area contributed by atoms with Gasteiger partial charge in [-0.25, -0.2) is 0 Å². The van der Waals surface area contributed by atoms with Crippen LogP contribution in [0.5, 0.6) is 11.5 Å². The summed E-state index contributed by atoms with van der Waals surface area (Å²) >= 11 is -2.81. The number of nitrogen functional groups attached to an aromatic ring is 1. The van der Waals surface area contributed by atoms with E-state index in [1.54, 1.807) is 20.5 Å². The zero-order valence-electron chi connectivity index (χ0n) is 25.6. The number of furan rings is 1. The van der Waals surface area contributed by atoms with Crippen LogP contribution in [0.4, 0.5) is 11.5 Å². The van der Waals surface area contributed by atoms with E-state index in [9.17, 15) is 4.79 Å². The van der Waals surface area contributed by atoms with Crippen LogP contribution in [0.2, 0.25) is 13.3 Å². The van der Waals surface area contributed by atoms with E-state index < -0.39 is 18.4 Å². The molecule has 1 aliphatic rings. The van der Waals surface area contributed by atoms with Gasteiger partial charge in [-0.3, -0.25) is 0 Å². The first-order valence-corrected chi connectivity index (χ1v) is 22.8. The number of carbonyl (C=O) groups excluding carboxylic acids is 1. The van der Waals surface area contributed by atoms with Crippen LogP contribution >= 0.6 is 0 Å². The van der Waals surface area contributed by atoms with Crippen LogP contribution in [0.15, 0.2) is 34.9 Å². The predicted octanol–water partition coefficient (Wildman–Crippen LogP) is 6.45. The number of hydrogen-bond donors (Lipinski definition) is 1. The third kappa shape index (κ3) is 6.89. The number of piperazine rings is 1. The molecule has 224 valence electrons. The Morgan fingerprint density at radius 1 is 0.927 bits per heavy atom. The van der Waals surface area contributed by atoms with Gasteiger partial charge >= 0.3 is 221 Å². The van der Waals surface area contributed by atoms with Crippen molar-refractivity contribution in [2.24, 2.45) is 0 Å². The van der Waals surface area contributed by atoms with Crippen molar-refractivity contribution in [1.29, 1.82) is 0 Å². The number of nitrogens with two attached hydrogens (primary N) is 1. The molecule has 0 unspecified atom stereocenters. The van der Waals surface area contributed by atoms with Crippen LogP contribution in [0.25, 0.3) is 10.9 Å². The Kier molecular flexibility index (Phi) is 11.1. The number of aromatic nitrogens is 1. The fraction of sp³-hybridized carbons (Fsp3) is 0.562. The molecular formula is C32H48N4O4Sn. The molecule has 8 nitrogen and oxygen atoms in total. The van der Waals surface area contributed by atoms with E-state index in [4.69, 9.17) is 24.6 Å². The SMILES string of the molecule is CCC[CH2][Sn]([CH2]CCC)([CH2]CCC)[c]1ccoc1C(=O)N1CCN(c2cc(N)c3cc(OC)c(OC)cc3n2)CC1. The molecule has 3 heterocycles.